The summed E-state index contributed by atoms with van der Waals surface area (Å²) in [6, 6.07) is 4.01. The predicted octanol–water partition coefficient (Wildman–Crippen LogP) is 4.70. The third-order valence-corrected chi connectivity index (χ3v) is 7.47. The molecule has 0 saturated carbocycles. The minimum Gasteiger partial charge on any atom is -0.370 e. The fraction of sp³-hybridized carbons (Fsp3) is 0.417. The zero-order valence-electron chi connectivity index (χ0n) is 18.4. The summed E-state index contributed by atoms with van der Waals surface area (Å²) in [6.07, 6.45) is 8.62. The van der Waals surface area contributed by atoms with E-state index in [2.05, 4.69) is 40.1 Å². The third kappa shape index (κ3) is 3.38. The van der Waals surface area contributed by atoms with Gasteiger partial charge >= 0.3 is 0 Å². The van der Waals surface area contributed by atoms with Crippen LogP contribution in [0.5, 0.6) is 0 Å². The van der Waals surface area contributed by atoms with Crippen LogP contribution in [0, 0.1) is 0 Å². The van der Waals surface area contributed by atoms with Gasteiger partial charge in [0, 0.05) is 49.4 Å². The molecule has 6 rings (SSSR count). The molecule has 4 aromatic heterocycles. The first kappa shape index (κ1) is 19.8. The van der Waals surface area contributed by atoms with Crippen molar-refractivity contribution < 1.29 is 4.74 Å². The highest BCUT2D eigenvalue weighted by molar-refractivity contribution is 7.26. The number of hydrogen-bond acceptors (Lipinski definition) is 8. The molecular formula is C24H26N6OS. The van der Waals surface area contributed by atoms with Gasteiger partial charge < -0.3 is 15.0 Å². The molecule has 2 aliphatic rings. The molecule has 0 radical (unpaired) electrons. The van der Waals surface area contributed by atoms with Crippen LogP contribution in [0.3, 0.4) is 0 Å². The summed E-state index contributed by atoms with van der Waals surface area (Å²) in [5.41, 5.74) is 4.49. The van der Waals surface area contributed by atoms with Gasteiger partial charge in [0.1, 0.15) is 22.8 Å². The summed E-state index contributed by atoms with van der Waals surface area (Å²) < 4.78 is 7.29. The number of hydrogen-bond donors (Lipinski definition) is 1. The molecule has 0 atom stereocenters. The molecule has 8 heteroatoms. The van der Waals surface area contributed by atoms with E-state index < -0.39 is 0 Å². The van der Waals surface area contributed by atoms with Crippen LogP contribution in [0.25, 0.3) is 20.4 Å². The van der Waals surface area contributed by atoms with Crippen LogP contribution >= 0.6 is 11.3 Å². The Morgan fingerprint density at radius 1 is 1.19 bits per heavy atom. The molecule has 6 heterocycles. The first-order valence-electron chi connectivity index (χ1n) is 11.2. The Kier molecular flexibility index (Phi) is 4.73. The van der Waals surface area contributed by atoms with Crippen LogP contribution in [-0.4, -0.2) is 38.6 Å². The van der Waals surface area contributed by atoms with Crippen LogP contribution in [0.4, 0.5) is 11.6 Å². The van der Waals surface area contributed by atoms with Crippen molar-refractivity contribution in [3.63, 3.8) is 0 Å². The summed E-state index contributed by atoms with van der Waals surface area (Å²) in [7, 11) is 0. The third-order valence-electron chi connectivity index (χ3n) is 6.39. The smallest absolute Gasteiger partial charge is 0.147 e. The second-order valence-electron chi connectivity index (χ2n) is 9.21. The van der Waals surface area contributed by atoms with Crippen molar-refractivity contribution in [3.05, 3.63) is 47.5 Å². The Morgan fingerprint density at radius 2 is 2.06 bits per heavy atom. The van der Waals surface area contributed by atoms with Gasteiger partial charge in [-0.25, -0.2) is 15.0 Å². The normalized spacial score (nSPS) is 17.8. The molecule has 4 aromatic rings. The lowest BCUT2D eigenvalue weighted by molar-refractivity contribution is -0.0395. The minimum atomic E-state index is -0.202. The molecule has 32 heavy (non-hydrogen) atoms. The SMILES string of the molecule is CC1(C)Cc2c(c(N3CCCC3)nc3sc4c(NCc5cccnc5)ncnc4c23)CO1. The summed E-state index contributed by atoms with van der Waals surface area (Å²) in [6.45, 7) is 7.74. The average Bonchev–Trinajstić information content (AvgIpc) is 3.45. The van der Waals surface area contributed by atoms with Crippen molar-refractivity contribution >= 4 is 43.4 Å². The maximum absolute atomic E-state index is 6.23. The molecular weight excluding hydrogens is 420 g/mol. The molecule has 1 N–H and O–H groups in total. The molecule has 0 unspecified atom stereocenters. The minimum absolute atomic E-state index is 0.202. The lowest BCUT2D eigenvalue weighted by atomic mass is 9.90. The molecule has 0 bridgehead atoms. The van der Waals surface area contributed by atoms with Crippen LogP contribution in [0.15, 0.2) is 30.9 Å². The van der Waals surface area contributed by atoms with Gasteiger partial charge in [0.15, 0.2) is 0 Å². The number of fused-ring (bicyclic) bond motifs is 5. The van der Waals surface area contributed by atoms with Crippen LogP contribution in [-0.2, 0) is 24.3 Å². The van der Waals surface area contributed by atoms with Gasteiger partial charge in [0.05, 0.1) is 22.4 Å². The van der Waals surface area contributed by atoms with E-state index >= 15 is 0 Å². The highest BCUT2D eigenvalue weighted by atomic mass is 32.1. The molecule has 0 aromatic carbocycles. The van der Waals surface area contributed by atoms with Gasteiger partial charge in [-0.15, -0.1) is 11.3 Å². The standard InChI is InChI=1S/C24H26N6OS/c1-24(2)10-16-17(13-31-24)22(30-8-3-4-9-30)29-23-18(16)19-20(32-23)21(28-14-27-19)26-12-15-6-5-7-25-11-15/h5-7,11,14H,3-4,8-10,12-13H2,1-2H3,(H,26,27,28). The van der Waals surface area contributed by atoms with E-state index in [1.165, 1.54) is 29.4 Å². The van der Waals surface area contributed by atoms with Gasteiger partial charge in [-0.2, -0.15) is 0 Å². The fourth-order valence-electron chi connectivity index (χ4n) is 4.79. The Bertz CT molecular complexity index is 1300. The van der Waals surface area contributed by atoms with Crippen LogP contribution < -0.4 is 10.2 Å². The Morgan fingerprint density at radius 3 is 2.88 bits per heavy atom. The Labute approximate surface area is 190 Å². The van der Waals surface area contributed by atoms with Crippen molar-refractivity contribution in [1.29, 1.82) is 0 Å². The van der Waals surface area contributed by atoms with E-state index in [0.717, 1.165) is 51.8 Å². The summed E-state index contributed by atoms with van der Waals surface area (Å²) in [4.78, 5) is 22.1. The van der Waals surface area contributed by atoms with Gasteiger partial charge in [0.2, 0.25) is 0 Å². The van der Waals surface area contributed by atoms with Gasteiger partial charge in [-0.05, 0) is 43.9 Å². The lowest BCUT2D eigenvalue weighted by Crippen LogP contribution is -2.33. The number of rotatable bonds is 4. The topological polar surface area (TPSA) is 76.1 Å². The van der Waals surface area contributed by atoms with E-state index in [1.54, 1.807) is 23.9 Å². The first-order valence-corrected chi connectivity index (χ1v) is 12.0. The maximum atomic E-state index is 6.23. The number of thiophene rings is 1. The van der Waals surface area contributed by atoms with Crippen molar-refractivity contribution in [2.75, 3.05) is 23.3 Å². The van der Waals surface area contributed by atoms with Crippen molar-refractivity contribution in [3.8, 4) is 0 Å². The van der Waals surface area contributed by atoms with Gasteiger partial charge in [0.25, 0.3) is 0 Å². The van der Waals surface area contributed by atoms with E-state index in [1.807, 2.05) is 12.3 Å². The van der Waals surface area contributed by atoms with E-state index in [0.29, 0.717) is 13.2 Å². The summed E-state index contributed by atoms with van der Waals surface area (Å²) in [5, 5.41) is 4.66. The largest absolute Gasteiger partial charge is 0.370 e. The van der Waals surface area contributed by atoms with E-state index in [9.17, 15) is 0 Å². The predicted molar refractivity (Wildman–Crippen MR) is 128 cm³/mol. The molecule has 7 nitrogen and oxygen atoms in total. The molecule has 0 amide bonds. The quantitative estimate of drug-likeness (QED) is 0.487. The second-order valence-corrected chi connectivity index (χ2v) is 10.2. The van der Waals surface area contributed by atoms with Crippen LogP contribution in [0.2, 0.25) is 0 Å². The second kappa shape index (κ2) is 7.64. The molecule has 1 fully saturated rings. The average molecular weight is 447 g/mol. The Balaban J connectivity index is 1.51. The van der Waals surface area contributed by atoms with Gasteiger partial charge in [-0.3, -0.25) is 4.98 Å². The van der Waals surface area contributed by atoms with Crippen LogP contribution in [0.1, 0.15) is 43.4 Å². The van der Waals surface area contributed by atoms with E-state index in [-0.39, 0.29) is 5.60 Å². The highest BCUT2D eigenvalue weighted by Gasteiger charge is 2.33. The van der Waals surface area contributed by atoms with Gasteiger partial charge in [-0.1, -0.05) is 6.07 Å². The number of ether oxygens (including phenoxy) is 1. The van der Waals surface area contributed by atoms with Crippen molar-refractivity contribution in [1.82, 2.24) is 19.9 Å². The van der Waals surface area contributed by atoms with Crippen molar-refractivity contribution in [2.45, 2.75) is 51.9 Å². The van der Waals surface area contributed by atoms with Crippen molar-refractivity contribution in [2.24, 2.45) is 0 Å². The first-order chi connectivity index (χ1) is 15.6. The maximum Gasteiger partial charge on any atom is 0.147 e. The fourth-order valence-corrected chi connectivity index (χ4v) is 5.91. The molecule has 2 aliphatic heterocycles. The number of aromatic nitrogens is 4. The summed E-state index contributed by atoms with van der Waals surface area (Å²) >= 11 is 1.69. The lowest BCUT2D eigenvalue weighted by Gasteiger charge is -2.34. The summed E-state index contributed by atoms with van der Waals surface area (Å²) in [5.74, 6) is 1.95. The molecule has 1 saturated heterocycles. The zero-order chi connectivity index (χ0) is 21.7. The number of pyridine rings is 2. The molecule has 0 spiro atoms. The number of nitrogens with one attached hydrogen (secondary N) is 1. The number of anilines is 2. The highest BCUT2D eigenvalue weighted by Crippen LogP contribution is 2.44. The Hall–Kier alpha value is -2.84. The molecule has 0 aliphatic carbocycles. The van der Waals surface area contributed by atoms with E-state index in [4.69, 9.17) is 14.7 Å². The monoisotopic (exact) mass is 446 g/mol. The molecule has 164 valence electrons. The number of nitrogens with zero attached hydrogens (tertiary/aromatic N) is 5. The zero-order valence-corrected chi connectivity index (χ0v) is 19.2.